The molecule has 3 aromatic rings. The smallest absolute Gasteiger partial charge is 0.280 e. The van der Waals surface area contributed by atoms with Crippen LogP contribution in [0.5, 0.6) is 0 Å². The Balaban J connectivity index is 2.00. The Morgan fingerprint density at radius 3 is 1.96 bits per heavy atom. The summed E-state index contributed by atoms with van der Waals surface area (Å²) in [4.78, 5) is 15.0. The van der Waals surface area contributed by atoms with Crippen LogP contribution in [0.1, 0.15) is 17.5 Å². The molecule has 0 saturated carbocycles. The van der Waals surface area contributed by atoms with Crippen molar-refractivity contribution >= 4 is 17.3 Å². The molecule has 2 nitrogen and oxygen atoms in total. The number of hydrogen-bond acceptors (Lipinski definition) is 1. The van der Waals surface area contributed by atoms with E-state index in [-0.39, 0.29) is 0 Å². The summed E-state index contributed by atoms with van der Waals surface area (Å²) in [5.74, 6) is -0.585. The lowest BCUT2D eigenvalue weighted by molar-refractivity contribution is -0.152. The van der Waals surface area contributed by atoms with E-state index in [1.54, 1.807) is 84.9 Å². The van der Waals surface area contributed by atoms with E-state index in [0.29, 0.717) is 22.5 Å². The number of carbonyl (C=O) groups excluding carboxylic acids is 1. The van der Waals surface area contributed by atoms with Gasteiger partial charge < -0.3 is 0 Å². The number of para-hydroxylation sites is 2. The number of rotatable bonds is 3. The number of benzene rings is 3. The van der Waals surface area contributed by atoms with Crippen LogP contribution in [0, 0.1) is 0 Å². The number of fused-ring (bicyclic) bond motifs is 1. The normalized spacial score (nSPS) is 19.2. The third kappa shape index (κ3) is 2.79. The minimum atomic E-state index is -4.51. The Hall–Kier alpha value is -3.08. The lowest BCUT2D eigenvalue weighted by Crippen LogP contribution is -2.42. The van der Waals surface area contributed by atoms with E-state index in [1.807, 2.05) is 0 Å². The fraction of sp³-hybridized carbons (Fsp3) is 0.136. The fourth-order valence-electron chi connectivity index (χ4n) is 3.85. The fourth-order valence-corrected chi connectivity index (χ4v) is 3.85. The Kier molecular flexibility index (Phi) is 4.02. The maximum Gasteiger partial charge on any atom is 0.390 e. The molecule has 4 rings (SSSR count). The van der Waals surface area contributed by atoms with Gasteiger partial charge in [0, 0.05) is 5.69 Å². The molecule has 5 heteroatoms. The van der Waals surface area contributed by atoms with Gasteiger partial charge in [-0.1, -0.05) is 66.7 Å². The van der Waals surface area contributed by atoms with Gasteiger partial charge in [-0.15, -0.1) is 0 Å². The van der Waals surface area contributed by atoms with Crippen LogP contribution in [-0.4, -0.2) is 12.1 Å². The first-order valence-corrected chi connectivity index (χ1v) is 8.55. The molecule has 0 bridgehead atoms. The van der Waals surface area contributed by atoms with Crippen molar-refractivity contribution in [1.29, 1.82) is 0 Å². The van der Waals surface area contributed by atoms with Crippen molar-refractivity contribution in [2.24, 2.45) is 0 Å². The van der Waals surface area contributed by atoms with Gasteiger partial charge in [-0.3, -0.25) is 9.69 Å². The molecule has 0 fully saturated rings. The zero-order valence-corrected chi connectivity index (χ0v) is 14.3. The van der Waals surface area contributed by atoms with E-state index in [2.05, 4.69) is 0 Å². The Labute approximate surface area is 154 Å². The first-order chi connectivity index (χ1) is 12.9. The highest BCUT2D eigenvalue weighted by Crippen LogP contribution is 2.53. The highest BCUT2D eigenvalue weighted by atomic mass is 19.4. The van der Waals surface area contributed by atoms with Crippen LogP contribution in [0.3, 0.4) is 0 Å². The molecule has 0 radical (unpaired) electrons. The summed E-state index contributed by atoms with van der Waals surface area (Å²) in [6, 6.07) is 23.7. The Morgan fingerprint density at radius 1 is 0.778 bits per heavy atom. The standard InChI is InChI=1S/C22H16F3NO/c23-22(24,25)15-21(16-9-3-1-4-10-16)18-13-7-8-14-19(18)26(20(21)27)17-11-5-2-6-12-17/h1-14H,15H2/t21-/m0/s1. The average Bonchev–Trinajstić information content (AvgIpc) is 2.91. The molecule has 3 aromatic carbocycles. The lowest BCUT2D eigenvalue weighted by atomic mass is 9.72. The molecular formula is C22H16F3NO. The van der Waals surface area contributed by atoms with Gasteiger partial charge in [0.25, 0.3) is 0 Å². The van der Waals surface area contributed by atoms with Crippen LogP contribution in [0.25, 0.3) is 0 Å². The molecule has 1 atom stereocenters. The van der Waals surface area contributed by atoms with Gasteiger partial charge in [-0.25, -0.2) is 0 Å². The first-order valence-electron chi connectivity index (χ1n) is 8.55. The molecule has 136 valence electrons. The van der Waals surface area contributed by atoms with Crippen molar-refractivity contribution in [2.75, 3.05) is 4.90 Å². The molecule has 1 amide bonds. The van der Waals surface area contributed by atoms with E-state index < -0.39 is 23.9 Å². The highest BCUT2D eigenvalue weighted by molar-refractivity contribution is 6.14. The summed E-state index contributed by atoms with van der Waals surface area (Å²) in [5, 5.41) is 0. The number of alkyl halides is 3. The summed E-state index contributed by atoms with van der Waals surface area (Å²) < 4.78 is 41.0. The quantitative estimate of drug-likeness (QED) is 0.590. The van der Waals surface area contributed by atoms with Crippen molar-refractivity contribution in [3.63, 3.8) is 0 Å². The molecule has 0 aliphatic carbocycles. The molecular weight excluding hydrogens is 351 g/mol. The van der Waals surface area contributed by atoms with E-state index in [0.717, 1.165) is 0 Å². The van der Waals surface area contributed by atoms with Crippen LogP contribution >= 0.6 is 0 Å². The number of carbonyl (C=O) groups is 1. The second-order valence-electron chi connectivity index (χ2n) is 6.56. The number of hydrogen-bond donors (Lipinski definition) is 0. The molecule has 0 spiro atoms. The van der Waals surface area contributed by atoms with Crippen LogP contribution < -0.4 is 4.90 Å². The summed E-state index contributed by atoms with van der Waals surface area (Å²) in [6.07, 6.45) is -5.76. The topological polar surface area (TPSA) is 20.3 Å². The molecule has 1 heterocycles. The average molecular weight is 367 g/mol. The van der Waals surface area contributed by atoms with Crippen molar-refractivity contribution in [3.05, 3.63) is 96.1 Å². The molecule has 0 saturated heterocycles. The third-order valence-corrected chi connectivity index (χ3v) is 4.92. The SMILES string of the molecule is O=C1N(c2ccccc2)c2ccccc2[C@]1(CC(F)(F)F)c1ccccc1. The van der Waals surface area contributed by atoms with Crippen molar-refractivity contribution in [3.8, 4) is 0 Å². The number of anilines is 2. The summed E-state index contributed by atoms with van der Waals surface area (Å²) in [6.45, 7) is 0. The molecule has 1 aliphatic heterocycles. The van der Waals surface area contributed by atoms with Crippen LogP contribution in [0.2, 0.25) is 0 Å². The summed E-state index contributed by atoms with van der Waals surface area (Å²) >= 11 is 0. The van der Waals surface area contributed by atoms with E-state index >= 15 is 0 Å². The van der Waals surface area contributed by atoms with Gasteiger partial charge in [0.05, 0.1) is 12.1 Å². The van der Waals surface area contributed by atoms with Crippen molar-refractivity contribution in [1.82, 2.24) is 0 Å². The zero-order valence-electron chi connectivity index (χ0n) is 14.3. The molecule has 0 unspecified atom stereocenters. The highest BCUT2D eigenvalue weighted by Gasteiger charge is 2.57. The van der Waals surface area contributed by atoms with E-state index in [9.17, 15) is 18.0 Å². The predicted octanol–water partition coefficient (Wildman–Crippen LogP) is 5.60. The number of amides is 1. The molecule has 0 aromatic heterocycles. The van der Waals surface area contributed by atoms with Crippen molar-refractivity contribution in [2.45, 2.75) is 18.0 Å². The summed E-state index contributed by atoms with van der Waals surface area (Å²) in [5.41, 5.74) is -0.0383. The number of halogens is 3. The zero-order chi connectivity index (χ0) is 19.1. The van der Waals surface area contributed by atoms with Gasteiger partial charge in [-0.05, 0) is 29.3 Å². The summed E-state index contributed by atoms with van der Waals surface area (Å²) in [7, 11) is 0. The minimum absolute atomic E-state index is 0.346. The molecule has 0 N–H and O–H groups in total. The van der Waals surface area contributed by atoms with Crippen LogP contribution in [0.4, 0.5) is 24.5 Å². The Bertz CT molecular complexity index is 970. The largest absolute Gasteiger partial charge is 0.390 e. The van der Waals surface area contributed by atoms with Gasteiger partial charge >= 0.3 is 6.18 Å². The predicted molar refractivity (Wildman–Crippen MR) is 97.9 cm³/mol. The lowest BCUT2D eigenvalue weighted by Gasteiger charge is -2.30. The monoisotopic (exact) mass is 367 g/mol. The van der Waals surface area contributed by atoms with Crippen molar-refractivity contribution < 1.29 is 18.0 Å². The second kappa shape index (κ2) is 6.27. The number of nitrogens with zero attached hydrogens (tertiary/aromatic N) is 1. The van der Waals surface area contributed by atoms with Gasteiger partial charge in [0.1, 0.15) is 5.41 Å². The van der Waals surface area contributed by atoms with Gasteiger partial charge in [0.15, 0.2) is 0 Å². The Morgan fingerprint density at radius 2 is 1.33 bits per heavy atom. The third-order valence-electron chi connectivity index (χ3n) is 4.92. The van der Waals surface area contributed by atoms with Crippen LogP contribution in [0.15, 0.2) is 84.9 Å². The van der Waals surface area contributed by atoms with Gasteiger partial charge in [0.2, 0.25) is 5.91 Å². The first kappa shape index (κ1) is 17.3. The van der Waals surface area contributed by atoms with E-state index in [4.69, 9.17) is 0 Å². The molecule has 1 aliphatic rings. The van der Waals surface area contributed by atoms with E-state index in [1.165, 1.54) is 4.90 Å². The maximum atomic E-state index is 13.7. The molecule has 27 heavy (non-hydrogen) atoms. The maximum absolute atomic E-state index is 13.7. The van der Waals surface area contributed by atoms with Gasteiger partial charge in [-0.2, -0.15) is 13.2 Å². The minimum Gasteiger partial charge on any atom is -0.280 e. The van der Waals surface area contributed by atoms with Crippen LogP contribution in [-0.2, 0) is 10.2 Å². The second-order valence-corrected chi connectivity index (χ2v) is 6.56.